The number of rotatable bonds is 4. The number of fused-ring (bicyclic) bond motifs is 12. The smallest absolute Gasteiger partial charge is 0.497 e. The van der Waals surface area contributed by atoms with E-state index in [0.29, 0.717) is 11.5 Å². The van der Waals surface area contributed by atoms with E-state index in [4.69, 9.17) is 9.72 Å². The summed E-state index contributed by atoms with van der Waals surface area (Å²) in [4.78, 5) is 18.5. The van der Waals surface area contributed by atoms with Gasteiger partial charge in [0.1, 0.15) is 12.0 Å². The van der Waals surface area contributed by atoms with E-state index in [1.165, 1.54) is 38.9 Å². The Morgan fingerprint density at radius 2 is 1.23 bits per heavy atom. The van der Waals surface area contributed by atoms with E-state index in [9.17, 15) is 0 Å². The fraction of sp³-hybridized carbons (Fsp3) is 0.0909. The van der Waals surface area contributed by atoms with Crippen LogP contribution in [0.2, 0.25) is 0 Å². The predicted octanol–water partition coefficient (Wildman–Crippen LogP) is 10.3. The summed E-state index contributed by atoms with van der Waals surface area (Å²) >= 11 is 0. The fourth-order valence-electron chi connectivity index (χ4n) is 7.89. The standard InChI is InChI=1S/C44H30N6O.Pt/c1-25-7-5-8-26(2)40(25)29-11-14-34-32-15-12-31(21-36(32)44-47-23-39(50(44)38(34)19-29)41-27(3)9-6-10-28(41)4)51-30-13-16-33-35(20-30)42-46-17-18-49(42)43-37(33)22-45-24-48-43;/h5-19,22-24H,1-4H3;/q-2;+2. The largest absolute Gasteiger partial charge is 2.00 e. The topological polar surface area (TPSA) is 69.6 Å². The Morgan fingerprint density at radius 3 is 1.94 bits per heavy atom. The number of hydrogen-bond donors (Lipinski definition) is 0. The molecular weight excluding hydrogens is 824 g/mol. The van der Waals surface area contributed by atoms with Gasteiger partial charge in [-0.2, -0.15) is 0 Å². The van der Waals surface area contributed by atoms with Crippen LogP contribution in [0.3, 0.4) is 0 Å². The van der Waals surface area contributed by atoms with Gasteiger partial charge in [-0.05, 0) is 72.5 Å². The van der Waals surface area contributed by atoms with Crippen LogP contribution >= 0.6 is 0 Å². The maximum atomic E-state index is 6.51. The quantitative estimate of drug-likeness (QED) is 0.130. The first-order valence-electron chi connectivity index (χ1n) is 17.0. The predicted molar refractivity (Wildman–Crippen MR) is 204 cm³/mol. The zero-order valence-corrected chi connectivity index (χ0v) is 31.1. The van der Waals surface area contributed by atoms with Gasteiger partial charge < -0.3 is 13.5 Å². The van der Waals surface area contributed by atoms with Crippen LogP contribution in [0, 0.1) is 39.8 Å². The molecule has 0 amide bonds. The normalized spacial score (nSPS) is 11.7. The molecule has 10 rings (SSSR count). The number of pyridine rings is 2. The van der Waals surface area contributed by atoms with Crippen molar-refractivity contribution in [2.24, 2.45) is 0 Å². The third-order valence-corrected chi connectivity index (χ3v) is 10.2. The number of ether oxygens (including phenoxy) is 1. The number of imidazole rings is 2. The summed E-state index contributed by atoms with van der Waals surface area (Å²) in [6.45, 7) is 8.69. The van der Waals surface area contributed by atoms with E-state index in [-0.39, 0.29) is 21.1 Å². The second-order valence-electron chi connectivity index (χ2n) is 13.3. The van der Waals surface area contributed by atoms with E-state index < -0.39 is 0 Å². The van der Waals surface area contributed by atoms with Crippen molar-refractivity contribution in [3.8, 4) is 33.9 Å². The fourth-order valence-corrected chi connectivity index (χ4v) is 7.89. The summed E-state index contributed by atoms with van der Waals surface area (Å²) < 4.78 is 10.8. The molecule has 0 aliphatic rings. The molecule has 5 aromatic heterocycles. The molecule has 0 unspecified atom stereocenters. The molecule has 52 heavy (non-hydrogen) atoms. The van der Waals surface area contributed by atoms with Crippen LogP contribution in [0.4, 0.5) is 0 Å². The molecule has 0 saturated carbocycles. The molecule has 0 aliphatic heterocycles. The molecule has 5 heterocycles. The molecule has 0 saturated heterocycles. The minimum Gasteiger partial charge on any atom is -0.497 e. The first-order chi connectivity index (χ1) is 24.9. The van der Waals surface area contributed by atoms with Gasteiger partial charge in [-0.25, -0.2) is 9.97 Å². The van der Waals surface area contributed by atoms with E-state index in [2.05, 4.69) is 120 Å². The Labute approximate surface area is 313 Å². The van der Waals surface area contributed by atoms with Gasteiger partial charge >= 0.3 is 21.1 Å². The minimum atomic E-state index is 0. The number of aryl methyl sites for hydroxylation is 4. The molecule has 5 aromatic carbocycles. The van der Waals surface area contributed by atoms with Gasteiger partial charge in [-0.3, -0.25) is 9.97 Å². The number of benzene rings is 5. The first-order valence-corrected chi connectivity index (χ1v) is 17.0. The molecule has 0 radical (unpaired) electrons. The molecular formula is C44H30N6OPt. The SMILES string of the molecule is Cc1cccc(C)c1-c1ccc2c3ccc(Oc4[c-]c5c(cc4)c4cncnc4n4ccnc54)[c-]c3c3ncc(-c4c(C)cccc4C)n3c2c1.[Pt+2]. The number of aromatic nitrogens is 6. The zero-order chi connectivity index (χ0) is 34.4. The van der Waals surface area contributed by atoms with Gasteiger partial charge in [0.15, 0.2) is 0 Å². The molecule has 8 heteroatoms. The Morgan fingerprint density at radius 1 is 0.596 bits per heavy atom. The van der Waals surface area contributed by atoms with Gasteiger partial charge in [-0.15, -0.1) is 12.1 Å². The van der Waals surface area contributed by atoms with Gasteiger partial charge in [0.2, 0.25) is 0 Å². The molecule has 10 aromatic rings. The Kier molecular flexibility index (Phi) is 7.46. The van der Waals surface area contributed by atoms with Gasteiger partial charge in [0.05, 0.1) is 17.0 Å². The van der Waals surface area contributed by atoms with Crippen LogP contribution in [-0.2, 0) is 21.1 Å². The van der Waals surface area contributed by atoms with Gasteiger partial charge in [0.25, 0.3) is 0 Å². The Hall–Kier alpha value is -5.91. The van der Waals surface area contributed by atoms with E-state index in [1.807, 2.05) is 41.2 Å². The van der Waals surface area contributed by atoms with Crippen LogP contribution in [-0.4, -0.2) is 28.7 Å². The molecule has 0 fully saturated rings. The summed E-state index contributed by atoms with van der Waals surface area (Å²) in [6.07, 6.45) is 9.05. The Balaban J connectivity index is 0.00000360. The molecule has 0 spiro atoms. The average Bonchev–Trinajstić information content (AvgIpc) is 3.81. The second-order valence-corrected chi connectivity index (χ2v) is 13.3. The molecule has 252 valence electrons. The summed E-state index contributed by atoms with van der Waals surface area (Å²) in [7, 11) is 0. The van der Waals surface area contributed by atoms with Crippen molar-refractivity contribution >= 4 is 54.8 Å². The molecule has 0 atom stereocenters. The molecule has 0 bridgehead atoms. The van der Waals surface area contributed by atoms with Crippen molar-refractivity contribution in [2.45, 2.75) is 27.7 Å². The average molecular weight is 854 g/mol. The Bertz CT molecular complexity index is 3030. The van der Waals surface area contributed by atoms with Crippen molar-refractivity contribution in [2.75, 3.05) is 0 Å². The third kappa shape index (κ3) is 4.76. The number of nitrogens with zero attached hydrogens (tertiary/aromatic N) is 6. The summed E-state index contributed by atoms with van der Waals surface area (Å²) in [6, 6.07) is 34.8. The van der Waals surface area contributed by atoms with Gasteiger partial charge in [0, 0.05) is 52.8 Å². The van der Waals surface area contributed by atoms with Crippen LogP contribution in [0.5, 0.6) is 11.5 Å². The first kappa shape index (κ1) is 32.0. The summed E-state index contributed by atoms with van der Waals surface area (Å²) in [5.41, 5.74) is 13.1. The molecule has 0 aliphatic carbocycles. The van der Waals surface area contributed by atoms with Crippen molar-refractivity contribution in [3.63, 3.8) is 0 Å². The van der Waals surface area contributed by atoms with Crippen molar-refractivity contribution in [1.29, 1.82) is 0 Å². The number of hydrogen-bond acceptors (Lipinski definition) is 5. The maximum Gasteiger partial charge on any atom is 2.00 e. The van der Waals surface area contributed by atoms with E-state index >= 15 is 0 Å². The van der Waals surface area contributed by atoms with Crippen molar-refractivity contribution in [1.82, 2.24) is 28.7 Å². The van der Waals surface area contributed by atoms with E-state index in [0.717, 1.165) is 60.5 Å². The van der Waals surface area contributed by atoms with Crippen LogP contribution in [0.1, 0.15) is 22.3 Å². The maximum absolute atomic E-state index is 6.51. The third-order valence-electron chi connectivity index (χ3n) is 10.2. The van der Waals surface area contributed by atoms with Crippen LogP contribution in [0.15, 0.2) is 110 Å². The zero-order valence-electron chi connectivity index (χ0n) is 28.8. The minimum absolute atomic E-state index is 0. The van der Waals surface area contributed by atoms with E-state index in [1.54, 1.807) is 12.5 Å². The van der Waals surface area contributed by atoms with Crippen LogP contribution in [0.25, 0.3) is 77.2 Å². The summed E-state index contributed by atoms with van der Waals surface area (Å²) in [5, 5.41) is 5.78. The van der Waals surface area contributed by atoms with Crippen LogP contribution < -0.4 is 4.74 Å². The van der Waals surface area contributed by atoms with Crippen molar-refractivity contribution < 1.29 is 25.8 Å². The monoisotopic (exact) mass is 853 g/mol. The molecule has 0 N–H and O–H groups in total. The summed E-state index contributed by atoms with van der Waals surface area (Å²) in [5.74, 6) is 1.14. The van der Waals surface area contributed by atoms with Gasteiger partial charge in [-0.1, -0.05) is 94.3 Å². The second kappa shape index (κ2) is 12.1. The van der Waals surface area contributed by atoms with Crippen molar-refractivity contribution in [3.05, 3.63) is 144 Å². The molecule has 7 nitrogen and oxygen atoms in total.